The molecule has 3 heterocycles. The zero-order valence-electron chi connectivity index (χ0n) is 13.9. The van der Waals surface area contributed by atoms with Crippen LogP contribution in [0, 0.1) is 0 Å². The molecule has 1 saturated carbocycles. The van der Waals surface area contributed by atoms with E-state index in [4.69, 9.17) is 0 Å². The van der Waals surface area contributed by atoms with E-state index in [1.807, 2.05) is 22.9 Å². The molecule has 3 aromatic heterocycles. The lowest BCUT2D eigenvalue weighted by Crippen LogP contribution is -2.28. The number of nitrogens with one attached hydrogen (secondary N) is 1. The predicted octanol–water partition coefficient (Wildman–Crippen LogP) is 3.74. The van der Waals surface area contributed by atoms with E-state index in [0.29, 0.717) is 28.0 Å². The third-order valence-corrected chi connectivity index (χ3v) is 6.78. The van der Waals surface area contributed by atoms with Crippen LogP contribution in [0.3, 0.4) is 0 Å². The van der Waals surface area contributed by atoms with Gasteiger partial charge in [0, 0.05) is 28.4 Å². The summed E-state index contributed by atoms with van der Waals surface area (Å²) < 4.78 is 1.61. The number of nitrogens with zero attached hydrogens (tertiary/aromatic N) is 2. The number of rotatable bonds is 7. The average Bonchev–Trinajstić information content (AvgIpc) is 3.11. The summed E-state index contributed by atoms with van der Waals surface area (Å²) in [5, 5.41) is 8.15. The molecule has 1 fully saturated rings. The first-order chi connectivity index (χ1) is 12.7. The Morgan fingerprint density at radius 2 is 2.31 bits per heavy atom. The van der Waals surface area contributed by atoms with Crippen molar-refractivity contribution in [2.45, 2.75) is 30.6 Å². The van der Waals surface area contributed by atoms with Crippen LogP contribution in [0.25, 0.3) is 20.7 Å². The summed E-state index contributed by atoms with van der Waals surface area (Å²) in [4.78, 5) is 31.5. The molecule has 0 radical (unpaired) electrons. The van der Waals surface area contributed by atoms with E-state index < -0.39 is 0 Å². The third kappa shape index (κ3) is 3.49. The number of hydrogen-bond donors (Lipinski definition) is 1. The lowest BCUT2D eigenvalue weighted by molar-refractivity contribution is -0.118. The number of thiophene rings is 2. The highest BCUT2D eigenvalue weighted by Crippen LogP contribution is 2.34. The Morgan fingerprint density at radius 3 is 3.00 bits per heavy atom. The van der Waals surface area contributed by atoms with Crippen molar-refractivity contribution in [3.05, 3.63) is 45.9 Å². The minimum Gasteiger partial charge on any atom is -0.353 e. The van der Waals surface area contributed by atoms with Gasteiger partial charge >= 0.3 is 0 Å². The fraction of sp³-hybridized carbons (Fsp3) is 0.278. The summed E-state index contributed by atoms with van der Waals surface area (Å²) >= 11 is 4.37. The van der Waals surface area contributed by atoms with E-state index in [9.17, 15) is 9.59 Å². The lowest BCUT2D eigenvalue weighted by Gasteiger charge is -2.10. The van der Waals surface area contributed by atoms with Gasteiger partial charge in [-0.15, -0.1) is 29.3 Å². The van der Waals surface area contributed by atoms with E-state index in [1.165, 1.54) is 23.1 Å². The molecule has 1 aliphatic carbocycles. The molecular weight excluding hydrogens is 386 g/mol. The molecule has 0 saturated heterocycles. The van der Waals surface area contributed by atoms with Gasteiger partial charge < -0.3 is 5.32 Å². The fourth-order valence-electron chi connectivity index (χ4n) is 2.65. The Balaban J connectivity index is 1.70. The summed E-state index contributed by atoms with van der Waals surface area (Å²) in [6.45, 7) is 4.12. The number of fused-ring (bicyclic) bond motifs is 1. The Bertz CT molecular complexity index is 1020. The number of amides is 1. The van der Waals surface area contributed by atoms with Crippen LogP contribution in [0.15, 0.2) is 45.5 Å². The lowest BCUT2D eigenvalue weighted by atomic mass is 10.2. The van der Waals surface area contributed by atoms with E-state index in [0.717, 1.165) is 23.3 Å². The van der Waals surface area contributed by atoms with Crippen LogP contribution >= 0.6 is 34.4 Å². The Hall–Kier alpha value is -1.90. The Labute approximate surface area is 162 Å². The average molecular weight is 404 g/mol. The molecule has 26 heavy (non-hydrogen) atoms. The molecule has 0 aromatic carbocycles. The second-order valence-corrected chi connectivity index (χ2v) is 8.78. The topological polar surface area (TPSA) is 64.0 Å². The van der Waals surface area contributed by atoms with Crippen molar-refractivity contribution < 1.29 is 4.79 Å². The number of allylic oxidation sites excluding steroid dienone is 1. The van der Waals surface area contributed by atoms with Gasteiger partial charge in [-0.25, -0.2) is 4.98 Å². The van der Waals surface area contributed by atoms with Gasteiger partial charge in [-0.1, -0.05) is 23.9 Å². The molecule has 0 unspecified atom stereocenters. The second-order valence-electron chi connectivity index (χ2n) is 6.04. The normalized spacial score (nSPS) is 13.8. The van der Waals surface area contributed by atoms with Crippen molar-refractivity contribution >= 4 is 50.6 Å². The van der Waals surface area contributed by atoms with Crippen LogP contribution in [0.5, 0.6) is 0 Å². The maximum atomic E-state index is 13.1. The third-order valence-electron chi connectivity index (χ3n) is 4.03. The van der Waals surface area contributed by atoms with Crippen molar-refractivity contribution in [2.24, 2.45) is 0 Å². The summed E-state index contributed by atoms with van der Waals surface area (Å²) in [6, 6.07) is 4.32. The molecule has 1 aliphatic rings. The number of hydrogen-bond acceptors (Lipinski definition) is 6. The zero-order chi connectivity index (χ0) is 18.1. The SMILES string of the molecule is C=CCn1c(SCC(=O)NC2CC2)nc2scc(-c3cccs3)c2c1=O. The quantitative estimate of drug-likeness (QED) is 0.371. The monoisotopic (exact) mass is 403 g/mol. The van der Waals surface area contributed by atoms with Crippen molar-refractivity contribution in [1.29, 1.82) is 0 Å². The van der Waals surface area contributed by atoms with Gasteiger partial charge in [-0.05, 0) is 24.3 Å². The zero-order valence-corrected chi connectivity index (χ0v) is 16.4. The fourth-order valence-corrected chi connectivity index (χ4v) is 5.27. The van der Waals surface area contributed by atoms with Gasteiger partial charge in [0.1, 0.15) is 4.83 Å². The molecule has 3 aromatic rings. The van der Waals surface area contributed by atoms with Gasteiger partial charge in [-0.3, -0.25) is 14.2 Å². The van der Waals surface area contributed by atoms with Crippen molar-refractivity contribution in [3.8, 4) is 10.4 Å². The first kappa shape index (κ1) is 17.5. The van der Waals surface area contributed by atoms with Crippen LogP contribution in [0.1, 0.15) is 12.8 Å². The molecule has 4 rings (SSSR count). The Kier molecular flexibility index (Phi) is 4.97. The molecule has 1 amide bonds. The van der Waals surface area contributed by atoms with Gasteiger partial charge in [0.25, 0.3) is 5.56 Å². The highest BCUT2D eigenvalue weighted by atomic mass is 32.2. The van der Waals surface area contributed by atoms with Crippen molar-refractivity contribution in [2.75, 3.05) is 5.75 Å². The minimum absolute atomic E-state index is 0.0116. The van der Waals surface area contributed by atoms with Crippen LogP contribution in [-0.2, 0) is 11.3 Å². The largest absolute Gasteiger partial charge is 0.353 e. The molecule has 134 valence electrons. The smallest absolute Gasteiger partial charge is 0.263 e. The maximum Gasteiger partial charge on any atom is 0.263 e. The number of thioether (sulfide) groups is 1. The summed E-state index contributed by atoms with van der Waals surface area (Å²) in [5.41, 5.74) is 0.850. The molecule has 0 aliphatic heterocycles. The Morgan fingerprint density at radius 1 is 1.46 bits per heavy atom. The molecule has 0 spiro atoms. The summed E-state index contributed by atoms with van der Waals surface area (Å²) in [7, 11) is 0. The first-order valence-corrected chi connectivity index (χ1v) is 11.0. The van der Waals surface area contributed by atoms with Crippen LogP contribution in [0.4, 0.5) is 0 Å². The molecule has 0 atom stereocenters. The molecule has 0 bridgehead atoms. The molecule has 1 N–H and O–H groups in total. The molecule has 8 heteroatoms. The van der Waals surface area contributed by atoms with Gasteiger partial charge in [-0.2, -0.15) is 0 Å². The molecular formula is C18H17N3O2S3. The van der Waals surface area contributed by atoms with Gasteiger partial charge in [0.15, 0.2) is 5.16 Å². The van der Waals surface area contributed by atoms with Crippen molar-refractivity contribution in [1.82, 2.24) is 14.9 Å². The van der Waals surface area contributed by atoms with E-state index in [-0.39, 0.29) is 17.2 Å². The van der Waals surface area contributed by atoms with Crippen LogP contribution < -0.4 is 10.9 Å². The van der Waals surface area contributed by atoms with Crippen LogP contribution in [0.2, 0.25) is 0 Å². The standard InChI is InChI=1S/C18H17N3O2S3/c1-2-7-21-17(23)15-12(13-4-3-8-24-13)9-25-16(15)20-18(21)26-10-14(22)19-11-5-6-11/h2-4,8-9,11H,1,5-7,10H2,(H,19,22). The highest BCUT2D eigenvalue weighted by molar-refractivity contribution is 7.99. The number of carbonyl (C=O) groups is 1. The van der Waals surface area contributed by atoms with E-state index >= 15 is 0 Å². The van der Waals surface area contributed by atoms with Crippen molar-refractivity contribution in [3.63, 3.8) is 0 Å². The van der Waals surface area contributed by atoms with Gasteiger partial charge in [0.05, 0.1) is 11.1 Å². The predicted molar refractivity (Wildman–Crippen MR) is 109 cm³/mol. The summed E-state index contributed by atoms with van der Waals surface area (Å²) in [6.07, 6.45) is 3.80. The van der Waals surface area contributed by atoms with E-state index in [2.05, 4.69) is 16.9 Å². The van der Waals surface area contributed by atoms with Crippen LogP contribution in [-0.4, -0.2) is 27.3 Å². The molecule has 5 nitrogen and oxygen atoms in total. The van der Waals surface area contributed by atoms with Gasteiger partial charge in [0.2, 0.25) is 5.91 Å². The maximum absolute atomic E-state index is 13.1. The second kappa shape index (κ2) is 7.38. The number of carbonyl (C=O) groups excluding carboxylic acids is 1. The first-order valence-electron chi connectivity index (χ1n) is 8.26. The minimum atomic E-state index is -0.0790. The highest BCUT2D eigenvalue weighted by Gasteiger charge is 2.24. The summed E-state index contributed by atoms with van der Waals surface area (Å²) in [5.74, 6) is 0.247. The van der Waals surface area contributed by atoms with E-state index in [1.54, 1.807) is 22.0 Å². The number of aromatic nitrogens is 2.